The predicted molar refractivity (Wildman–Crippen MR) is 127 cm³/mol. The molecule has 9 heteroatoms. The first-order chi connectivity index (χ1) is 15.1. The number of hydrogen-bond acceptors (Lipinski definition) is 6. The first-order valence-electron chi connectivity index (χ1n) is 10.7. The third-order valence-corrected chi connectivity index (χ3v) is 8.90. The lowest BCUT2D eigenvalue weighted by Crippen LogP contribution is -2.11. The second kappa shape index (κ2) is 8.86. The average molecular weight is 473 g/mol. The van der Waals surface area contributed by atoms with Gasteiger partial charge in [0.25, 0.3) is 0 Å². The summed E-state index contributed by atoms with van der Waals surface area (Å²) in [5, 5.41) is 9.14. The minimum absolute atomic E-state index is 0.0495. The van der Waals surface area contributed by atoms with Gasteiger partial charge in [0.15, 0.2) is 20.8 Å². The smallest absolute Gasteiger partial charge is 0.191 e. The van der Waals surface area contributed by atoms with E-state index >= 15 is 0 Å². The molecular weight excluding hydrogens is 444 g/mol. The van der Waals surface area contributed by atoms with Crippen molar-refractivity contribution < 1.29 is 13.2 Å². The Balaban J connectivity index is 1.45. The van der Waals surface area contributed by atoms with Gasteiger partial charge >= 0.3 is 0 Å². The van der Waals surface area contributed by atoms with Crippen LogP contribution in [0.15, 0.2) is 35.5 Å². The molecule has 1 aromatic carbocycles. The molecule has 1 atom stereocenters. The van der Waals surface area contributed by atoms with Crippen molar-refractivity contribution in [3.05, 3.63) is 58.7 Å². The van der Waals surface area contributed by atoms with Crippen LogP contribution in [-0.2, 0) is 23.3 Å². The normalized spacial score (nSPS) is 17.7. The Labute approximate surface area is 193 Å². The number of ketones is 1. The molecule has 170 valence electrons. The fraction of sp³-hybridized carbons (Fsp3) is 0.435. The van der Waals surface area contributed by atoms with Crippen LogP contribution in [0.25, 0.3) is 5.69 Å². The van der Waals surface area contributed by atoms with E-state index in [1.54, 1.807) is 0 Å². The topological polar surface area (TPSA) is 86.8 Å². The van der Waals surface area contributed by atoms with Gasteiger partial charge in [-0.3, -0.25) is 4.79 Å². The Hall–Kier alpha value is -2.39. The van der Waals surface area contributed by atoms with Crippen LogP contribution in [0, 0.1) is 26.7 Å². The van der Waals surface area contributed by atoms with Crippen molar-refractivity contribution in [2.24, 2.45) is 13.0 Å². The van der Waals surface area contributed by atoms with E-state index in [9.17, 15) is 13.2 Å². The lowest BCUT2D eigenvalue weighted by Gasteiger charge is -2.10. The SMILES string of the molecule is Cc1cccc(-n2c(C)cc(C(=O)CSc3nnc(CC4CCS(=O)(=O)C4)n3C)c2C)c1. The summed E-state index contributed by atoms with van der Waals surface area (Å²) in [5.41, 5.74) is 4.90. The van der Waals surface area contributed by atoms with Crippen LogP contribution < -0.4 is 0 Å². The van der Waals surface area contributed by atoms with Crippen molar-refractivity contribution in [1.29, 1.82) is 0 Å². The van der Waals surface area contributed by atoms with Crippen molar-refractivity contribution in [1.82, 2.24) is 19.3 Å². The molecule has 0 spiro atoms. The van der Waals surface area contributed by atoms with Gasteiger partial charge in [-0.05, 0) is 56.9 Å². The first-order valence-corrected chi connectivity index (χ1v) is 13.5. The van der Waals surface area contributed by atoms with Gasteiger partial charge in [-0.1, -0.05) is 23.9 Å². The van der Waals surface area contributed by atoms with Crippen molar-refractivity contribution >= 4 is 27.4 Å². The van der Waals surface area contributed by atoms with E-state index in [1.165, 1.54) is 17.3 Å². The molecule has 0 amide bonds. The molecule has 4 rings (SSSR count). The molecule has 0 aliphatic carbocycles. The van der Waals surface area contributed by atoms with Gasteiger partial charge in [0, 0.05) is 36.1 Å². The zero-order valence-electron chi connectivity index (χ0n) is 18.8. The van der Waals surface area contributed by atoms with E-state index in [4.69, 9.17) is 0 Å². The number of aryl methyl sites for hydroxylation is 2. The highest BCUT2D eigenvalue weighted by Crippen LogP contribution is 2.26. The minimum atomic E-state index is -2.91. The van der Waals surface area contributed by atoms with E-state index in [1.807, 2.05) is 43.7 Å². The highest BCUT2D eigenvalue weighted by atomic mass is 32.2. The van der Waals surface area contributed by atoms with Crippen LogP contribution >= 0.6 is 11.8 Å². The second-order valence-electron chi connectivity index (χ2n) is 8.60. The number of thioether (sulfide) groups is 1. The number of aromatic nitrogens is 4. The van der Waals surface area contributed by atoms with Crippen molar-refractivity contribution in [3.8, 4) is 5.69 Å². The Morgan fingerprint density at radius 3 is 2.66 bits per heavy atom. The third-order valence-electron chi connectivity index (χ3n) is 6.05. The molecule has 0 radical (unpaired) electrons. The van der Waals surface area contributed by atoms with Crippen LogP contribution in [0.2, 0.25) is 0 Å². The molecule has 1 aliphatic heterocycles. The summed E-state index contributed by atoms with van der Waals surface area (Å²) < 4.78 is 27.4. The fourth-order valence-corrected chi connectivity index (χ4v) is 7.03. The molecule has 3 heterocycles. The molecule has 7 nitrogen and oxygen atoms in total. The van der Waals surface area contributed by atoms with Gasteiger partial charge < -0.3 is 9.13 Å². The standard InChI is InChI=1S/C23H28N4O3S2/c1-15-6-5-7-19(10-15)27-16(2)11-20(17(27)3)21(28)13-31-23-25-24-22(26(23)4)12-18-8-9-32(29,30)14-18/h5-7,10-11,18H,8-9,12-14H2,1-4H3. The molecule has 1 unspecified atom stereocenters. The maximum Gasteiger partial charge on any atom is 0.191 e. The summed E-state index contributed by atoms with van der Waals surface area (Å²) in [5.74, 6) is 1.65. The van der Waals surface area contributed by atoms with Crippen molar-refractivity contribution in [3.63, 3.8) is 0 Å². The molecule has 0 saturated carbocycles. The van der Waals surface area contributed by atoms with Crippen LogP contribution in [0.5, 0.6) is 0 Å². The van der Waals surface area contributed by atoms with Gasteiger partial charge in [-0.2, -0.15) is 0 Å². The van der Waals surface area contributed by atoms with Crippen LogP contribution in [0.3, 0.4) is 0 Å². The summed E-state index contributed by atoms with van der Waals surface area (Å²) in [4.78, 5) is 13.0. The zero-order chi connectivity index (χ0) is 23.0. The molecule has 2 aromatic heterocycles. The first kappa shape index (κ1) is 22.8. The number of benzene rings is 1. The monoisotopic (exact) mass is 472 g/mol. The van der Waals surface area contributed by atoms with Gasteiger partial charge in [0.1, 0.15) is 5.82 Å². The van der Waals surface area contributed by atoms with Gasteiger partial charge in [-0.25, -0.2) is 8.42 Å². The number of carbonyl (C=O) groups is 1. The van der Waals surface area contributed by atoms with E-state index < -0.39 is 9.84 Å². The summed E-state index contributed by atoms with van der Waals surface area (Å²) in [6.07, 6.45) is 1.27. The molecule has 32 heavy (non-hydrogen) atoms. The lowest BCUT2D eigenvalue weighted by molar-refractivity contribution is 0.102. The molecule has 1 saturated heterocycles. The summed E-state index contributed by atoms with van der Waals surface area (Å²) in [6.45, 7) is 6.04. The molecular formula is C23H28N4O3S2. The lowest BCUT2D eigenvalue weighted by atomic mass is 10.1. The zero-order valence-corrected chi connectivity index (χ0v) is 20.5. The molecule has 3 aromatic rings. The Morgan fingerprint density at radius 2 is 1.97 bits per heavy atom. The molecule has 0 N–H and O–H groups in total. The number of hydrogen-bond donors (Lipinski definition) is 0. The van der Waals surface area contributed by atoms with E-state index in [0.717, 1.165) is 28.5 Å². The van der Waals surface area contributed by atoms with Gasteiger partial charge in [-0.15, -0.1) is 10.2 Å². The predicted octanol–water partition coefficient (Wildman–Crippen LogP) is 3.48. The van der Waals surface area contributed by atoms with Crippen LogP contribution in [-0.4, -0.2) is 50.8 Å². The van der Waals surface area contributed by atoms with Crippen molar-refractivity contribution in [2.45, 2.75) is 38.8 Å². The Morgan fingerprint density at radius 1 is 1.19 bits per heavy atom. The third kappa shape index (κ3) is 4.68. The van der Waals surface area contributed by atoms with Crippen LogP contribution in [0.4, 0.5) is 0 Å². The molecule has 1 aliphatic rings. The highest BCUT2D eigenvalue weighted by molar-refractivity contribution is 7.99. The fourth-order valence-electron chi connectivity index (χ4n) is 4.36. The highest BCUT2D eigenvalue weighted by Gasteiger charge is 2.29. The number of carbonyl (C=O) groups excluding carboxylic acids is 1. The summed E-state index contributed by atoms with van der Waals surface area (Å²) in [7, 11) is -1.04. The average Bonchev–Trinajstić information content (AvgIpc) is 3.35. The van der Waals surface area contributed by atoms with Crippen molar-refractivity contribution in [2.75, 3.05) is 17.3 Å². The maximum atomic E-state index is 13.0. The van der Waals surface area contributed by atoms with Gasteiger partial charge in [0.05, 0.1) is 17.3 Å². The summed E-state index contributed by atoms with van der Waals surface area (Å²) >= 11 is 1.36. The molecule has 0 bridgehead atoms. The quantitative estimate of drug-likeness (QED) is 0.386. The van der Waals surface area contributed by atoms with E-state index in [0.29, 0.717) is 18.0 Å². The van der Waals surface area contributed by atoms with E-state index in [-0.39, 0.29) is 29.0 Å². The Kier molecular flexibility index (Phi) is 6.31. The van der Waals surface area contributed by atoms with Gasteiger partial charge in [0.2, 0.25) is 0 Å². The Bertz CT molecular complexity index is 1270. The maximum absolute atomic E-state index is 13.0. The van der Waals surface area contributed by atoms with E-state index in [2.05, 4.69) is 33.8 Å². The van der Waals surface area contributed by atoms with Crippen LogP contribution in [0.1, 0.15) is 39.6 Å². The number of nitrogens with zero attached hydrogens (tertiary/aromatic N) is 4. The number of rotatable bonds is 7. The molecule has 1 fully saturated rings. The number of sulfone groups is 1. The second-order valence-corrected chi connectivity index (χ2v) is 11.8. The minimum Gasteiger partial charge on any atom is -0.318 e. The number of Topliss-reactive ketones (excluding diaryl/α,β-unsaturated/α-hetero) is 1. The summed E-state index contributed by atoms with van der Waals surface area (Å²) in [6, 6.07) is 10.2. The largest absolute Gasteiger partial charge is 0.318 e.